The average Bonchev–Trinajstić information content (AvgIpc) is 2.87. The van der Waals surface area contributed by atoms with Crippen molar-refractivity contribution in [2.75, 3.05) is 18.5 Å². The highest BCUT2D eigenvalue weighted by Crippen LogP contribution is 2.24. The first-order valence-electron chi connectivity index (χ1n) is 5.89. The molecule has 2 rings (SSSR count). The molecule has 0 aliphatic carbocycles. The van der Waals surface area contributed by atoms with Gasteiger partial charge in [0, 0.05) is 26.3 Å². The highest BCUT2D eigenvalue weighted by Gasteiger charge is 2.30. The van der Waals surface area contributed by atoms with Crippen molar-refractivity contribution < 1.29 is 4.79 Å². The van der Waals surface area contributed by atoms with Gasteiger partial charge in [-0.2, -0.15) is 0 Å². The zero-order valence-corrected chi connectivity index (χ0v) is 10.0. The van der Waals surface area contributed by atoms with Crippen LogP contribution < -0.4 is 16.0 Å². The second kappa shape index (κ2) is 5.14. The average molecular weight is 234 g/mol. The van der Waals surface area contributed by atoms with Crippen LogP contribution in [0.5, 0.6) is 0 Å². The van der Waals surface area contributed by atoms with Gasteiger partial charge >= 0.3 is 0 Å². The zero-order valence-electron chi connectivity index (χ0n) is 10.0. The molecule has 1 fully saturated rings. The van der Waals surface area contributed by atoms with E-state index in [-0.39, 0.29) is 11.9 Å². The molecule has 1 aliphatic heterocycles. The summed E-state index contributed by atoms with van der Waals surface area (Å²) >= 11 is 0. The van der Waals surface area contributed by atoms with Crippen LogP contribution in [-0.4, -0.2) is 30.5 Å². The molecule has 1 saturated heterocycles. The number of nitrogens with zero attached hydrogens (tertiary/aromatic N) is 2. The number of anilines is 1. The van der Waals surface area contributed by atoms with Gasteiger partial charge in [-0.1, -0.05) is 0 Å². The van der Waals surface area contributed by atoms with Crippen molar-refractivity contribution in [2.45, 2.75) is 25.4 Å². The molecule has 0 bridgehead atoms. The van der Waals surface area contributed by atoms with Gasteiger partial charge in [-0.15, -0.1) is 0 Å². The van der Waals surface area contributed by atoms with E-state index in [1.165, 1.54) is 0 Å². The smallest absolute Gasteiger partial charge is 0.242 e. The molecule has 0 saturated carbocycles. The van der Waals surface area contributed by atoms with Gasteiger partial charge < -0.3 is 16.0 Å². The SMILES string of the molecule is CNC(=O)C1CCCN1c1cc(CN)ccn1. The first kappa shape index (κ1) is 11.9. The number of pyridine rings is 1. The molecule has 1 atom stereocenters. The summed E-state index contributed by atoms with van der Waals surface area (Å²) in [5.74, 6) is 0.904. The predicted molar refractivity (Wildman–Crippen MR) is 66.6 cm³/mol. The summed E-state index contributed by atoms with van der Waals surface area (Å²) < 4.78 is 0. The number of aromatic nitrogens is 1. The Bertz CT molecular complexity index is 407. The molecule has 5 nitrogen and oxygen atoms in total. The van der Waals surface area contributed by atoms with Crippen molar-refractivity contribution in [3.05, 3.63) is 23.9 Å². The molecule has 0 radical (unpaired) electrons. The normalized spacial score (nSPS) is 19.4. The summed E-state index contributed by atoms with van der Waals surface area (Å²) in [4.78, 5) is 18.1. The van der Waals surface area contributed by atoms with Crippen molar-refractivity contribution in [1.82, 2.24) is 10.3 Å². The Morgan fingerprint density at radius 1 is 1.71 bits per heavy atom. The molecule has 3 N–H and O–H groups in total. The molecule has 17 heavy (non-hydrogen) atoms. The van der Waals surface area contributed by atoms with Crippen molar-refractivity contribution >= 4 is 11.7 Å². The van der Waals surface area contributed by atoms with Gasteiger partial charge in [-0.3, -0.25) is 4.79 Å². The van der Waals surface area contributed by atoms with Gasteiger partial charge in [0.05, 0.1) is 0 Å². The number of rotatable bonds is 3. The third-order valence-electron chi connectivity index (χ3n) is 3.14. The highest BCUT2D eigenvalue weighted by atomic mass is 16.2. The van der Waals surface area contributed by atoms with Crippen LogP contribution >= 0.6 is 0 Å². The van der Waals surface area contributed by atoms with E-state index >= 15 is 0 Å². The monoisotopic (exact) mass is 234 g/mol. The van der Waals surface area contributed by atoms with Crippen molar-refractivity contribution in [3.63, 3.8) is 0 Å². The van der Waals surface area contributed by atoms with Crippen molar-refractivity contribution in [1.29, 1.82) is 0 Å². The van der Waals surface area contributed by atoms with Crippen LogP contribution in [0.25, 0.3) is 0 Å². The molecular formula is C12H18N4O. The van der Waals surface area contributed by atoms with Gasteiger partial charge in [0.2, 0.25) is 5.91 Å². The Balaban J connectivity index is 2.22. The number of nitrogens with one attached hydrogen (secondary N) is 1. The van der Waals surface area contributed by atoms with E-state index in [0.29, 0.717) is 6.54 Å². The fourth-order valence-electron chi connectivity index (χ4n) is 2.22. The van der Waals surface area contributed by atoms with Crippen LogP contribution in [0.4, 0.5) is 5.82 Å². The molecule has 1 aromatic heterocycles. The van der Waals surface area contributed by atoms with Crippen LogP contribution in [0.1, 0.15) is 18.4 Å². The summed E-state index contributed by atoms with van der Waals surface area (Å²) in [6.45, 7) is 1.37. The summed E-state index contributed by atoms with van der Waals surface area (Å²) in [6.07, 6.45) is 3.65. The fraction of sp³-hybridized carbons (Fsp3) is 0.500. The van der Waals surface area contributed by atoms with E-state index in [1.54, 1.807) is 13.2 Å². The number of carbonyl (C=O) groups is 1. The Labute approximate surface area is 101 Å². The van der Waals surface area contributed by atoms with E-state index in [9.17, 15) is 4.79 Å². The minimum Gasteiger partial charge on any atom is -0.357 e. The summed E-state index contributed by atoms with van der Waals surface area (Å²) in [5, 5.41) is 2.70. The van der Waals surface area contributed by atoms with E-state index < -0.39 is 0 Å². The minimum atomic E-state index is -0.0967. The van der Waals surface area contributed by atoms with E-state index in [2.05, 4.69) is 15.2 Å². The van der Waals surface area contributed by atoms with Gasteiger partial charge in [0.25, 0.3) is 0 Å². The van der Waals surface area contributed by atoms with E-state index in [4.69, 9.17) is 5.73 Å². The minimum absolute atomic E-state index is 0.0578. The molecule has 1 unspecified atom stereocenters. The van der Waals surface area contributed by atoms with Gasteiger partial charge in [0.1, 0.15) is 11.9 Å². The lowest BCUT2D eigenvalue weighted by molar-refractivity contribution is -0.121. The third-order valence-corrected chi connectivity index (χ3v) is 3.14. The molecule has 1 aliphatic rings. The van der Waals surface area contributed by atoms with Crippen LogP contribution in [0, 0.1) is 0 Å². The molecule has 0 aromatic carbocycles. The molecule has 1 amide bonds. The number of nitrogens with two attached hydrogens (primary N) is 1. The van der Waals surface area contributed by atoms with Crippen molar-refractivity contribution in [2.24, 2.45) is 5.73 Å². The number of likely N-dealkylation sites (N-methyl/N-ethyl adjacent to an activating group) is 1. The van der Waals surface area contributed by atoms with Crippen LogP contribution in [0.15, 0.2) is 18.3 Å². The quantitative estimate of drug-likeness (QED) is 0.786. The number of hydrogen-bond donors (Lipinski definition) is 2. The topological polar surface area (TPSA) is 71.2 Å². The first-order chi connectivity index (χ1) is 8.26. The Hall–Kier alpha value is -1.62. The van der Waals surface area contributed by atoms with E-state index in [1.807, 2.05) is 12.1 Å². The van der Waals surface area contributed by atoms with Gasteiger partial charge in [-0.05, 0) is 30.5 Å². The fourth-order valence-corrected chi connectivity index (χ4v) is 2.22. The Morgan fingerprint density at radius 3 is 3.24 bits per heavy atom. The predicted octanol–water partition coefficient (Wildman–Crippen LogP) is 0.255. The van der Waals surface area contributed by atoms with Gasteiger partial charge in [0.15, 0.2) is 0 Å². The lowest BCUT2D eigenvalue weighted by Crippen LogP contribution is -2.42. The molecule has 1 aromatic rings. The van der Waals surface area contributed by atoms with Crippen molar-refractivity contribution in [3.8, 4) is 0 Å². The Morgan fingerprint density at radius 2 is 2.53 bits per heavy atom. The standard InChI is InChI=1S/C12H18N4O/c1-14-12(17)10-3-2-6-16(10)11-7-9(8-13)4-5-15-11/h4-5,7,10H,2-3,6,8,13H2,1H3,(H,14,17). The maximum absolute atomic E-state index is 11.7. The Kier molecular flexibility index (Phi) is 3.58. The largest absolute Gasteiger partial charge is 0.357 e. The maximum atomic E-state index is 11.7. The summed E-state index contributed by atoms with van der Waals surface area (Å²) in [6, 6.07) is 3.76. The van der Waals surface area contributed by atoms with Crippen LogP contribution in [0.3, 0.4) is 0 Å². The number of carbonyl (C=O) groups excluding carboxylic acids is 1. The molecule has 5 heteroatoms. The highest BCUT2D eigenvalue weighted by molar-refractivity contribution is 5.85. The second-order valence-electron chi connectivity index (χ2n) is 4.19. The van der Waals surface area contributed by atoms with E-state index in [0.717, 1.165) is 30.8 Å². The van der Waals surface area contributed by atoms with Gasteiger partial charge in [-0.25, -0.2) is 4.98 Å². The van der Waals surface area contributed by atoms with Crippen LogP contribution in [0.2, 0.25) is 0 Å². The second-order valence-corrected chi connectivity index (χ2v) is 4.19. The lowest BCUT2D eigenvalue weighted by Gasteiger charge is -2.24. The molecular weight excluding hydrogens is 216 g/mol. The molecule has 92 valence electrons. The van der Waals surface area contributed by atoms with Crippen LogP contribution in [-0.2, 0) is 11.3 Å². The summed E-state index contributed by atoms with van der Waals surface area (Å²) in [7, 11) is 1.67. The zero-order chi connectivity index (χ0) is 12.3. The molecule has 0 spiro atoms. The maximum Gasteiger partial charge on any atom is 0.242 e. The number of amides is 1. The molecule has 2 heterocycles. The first-order valence-corrected chi connectivity index (χ1v) is 5.89. The summed E-state index contributed by atoms with van der Waals surface area (Å²) in [5.41, 5.74) is 6.65. The lowest BCUT2D eigenvalue weighted by atomic mass is 10.2. The number of hydrogen-bond acceptors (Lipinski definition) is 4. The third kappa shape index (κ3) is 2.39.